The molecule has 4 aromatic rings. The minimum absolute atomic E-state index is 0.0555. The molecule has 59 heavy (non-hydrogen) atoms. The van der Waals surface area contributed by atoms with Gasteiger partial charge in [0, 0.05) is 60.7 Å². The standard InChI is InChI=1S/C46H56N6O7/c1-5-6-9-15-49-39-21-29(20-30(50-39)24-52-23-28-13-16-48-33(28)25-52)32-18-27(19-38(47)51-32)11-12-37-46(59-37)14-8-7-10-31-40-36(58-45(3,4)43(31)57-44(46)55)22-35-41(42(40)54)34(53)17-26(2)56-35/h13,16-23,25,30-32,37,43,48-51,54H,5-12,14-15,24,47H2,1-4H3/t30?,31-,32?,37-,43-,46+/m1/s1. The van der Waals surface area contributed by atoms with Crippen molar-refractivity contribution in [3.05, 3.63) is 105 Å². The molecule has 13 heteroatoms. The van der Waals surface area contributed by atoms with Crippen LogP contribution >= 0.6 is 0 Å². The SMILES string of the molecule is CCCCCNC1=CC(C2C=C(CC[C@H]3O[C@@]34CCCC[C@@H]3c5c(cc6oc(C)cc(=O)c6c5O)OC(C)(C)[C@@H]3OC4=O)C=C(N)N2)=CC(Cn2cc3cc[nH]c3c2)N1. The van der Waals surface area contributed by atoms with E-state index in [9.17, 15) is 14.7 Å². The Morgan fingerprint density at radius 3 is 2.78 bits per heavy atom. The van der Waals surface area contributed by atoms with Gasteiger partial charge in [-0.2, -0.15) is 0 Å². The third kappa shape index (κ3) is 7.49. The van der Waals surface area contributed by atoms with Gasteiger partial charge in [-0.25, -0.2) is 4.79 Å². The summed E-state index contributed by atoms with van der Waals surface area (Å²) in [4.78, 5) is 30.6. The van der Waals surface area contributed by atoms with Crippen molar-refractivity contribution in [1.29, 1.82) is 0 Å². The molecule has 0 radical (unpaired) electrons. The maximum atomic E-state index is 14.2. The quantitative estimate of drug-likeness (QED) is 0.0542. The Balaban J connectivity index is 0.909. The fourth-order valence-electron chi connectivity index (χ4n) is 9.75. The molecule has 8 heterocycles. The van der Waals surface area contributed by atoms with E-state index in [1.165, 1.54) is 17.9 Å². The number of aromatic hydroxyl groups is 1. The van der Waals surface area contributed by atoms with E-state index in [0.29, 0.717) is 48.6 Å². The van der Waals surface area contributed by atoms with Crippen molar-refractivity contribution < 1.29 is 28.5 Å². The highest BCUT2D eigenvalue weighted by molar-refractivity contribution is 5.88. The van der Waals surface area contributed by atoms with Crippen LogP contribution in [-0.2, 0) is 20.8 Å². The number of rotatable bonds is 11. The first kappa shape index (κ1) is 38.9. The van der Waals surface area contributed by atoms with Crippen LogP contribution in [0, 0.1) is 6.92 Å². The number of allylic oxidation sites excluding steroid dienone is 2. The molecule has 7 N–H and O–H groups in total. The maximum Gasteiger partial charge on any atom is 0.341 e. The number of aryl methyl sites for hydroxylation is 1. The van der Waals surface area contributed by atoms with Gasteiger partial charge in [0.1, 0.15) is 39.9 Å². The van der Waals surface area contributed by atoms with E-state index in [1.54, 1.807) is 13.0 Å². The van der Waals surface area contributed by atoms with Crippen LogP contribution in [0.15, 0.2) is 93.1 Å². The number of nitrogens with zero attached hydrogens (tertiary/aromatic N) is 1. The lowest BCUT2D eigenvalue weighted by atomic mass is 9.77. The number of benzene rings is 1. The molecule has 13 nitrogen and oxygen atoms in total. The van der Waals surface area contributed by atoms with Crippen molar-refractivity contribution in [2.24, 2.45) is 5.73 Å². The molecule has 9 rings (SSSR count). The molecule has 1 aromatic carbocycles. The molecule has 1 spiro atoms. The van der Waals surface area contributed by atoms with Crippen molar-refractivity contribution in [3.8, 4) is 11.5 Å². The van der Waals surface area contributed by atoms with Crippen molar-refractivity contribution in [3.63, 3.8) is 0 Å². The smallest absolute Gasteiger partial charge is 0.341 e. The summed E-state index contributed by atoms with van der Waals surface area (Å²) in [5, 5.41) is 23.7. The lowest BCUT2D eigenvalue weighted by Gasteiger charge is -2.44. The van der Waals surface area contributed by atoms with Crippen LogP contribution in [0.25, 0.3) is 21.9 Å². The van der Waals surface area contributed by atoms with Crippen molar-refractivity contribution >= 4 is 27.8 Å². The fourth-order valence-corrected chi connectivity index (χ4v) is 9.75. The highest BCUT2D eigenvalue weighted by Gasteiger charge is 2.64. The molecule has 2 unspecified atom stereocenters. The first-order valence-electron chi connectivity index (χ1n) is 21.3. The van der Waals surface area contributed by atoms with Crippen LogP contribution in [0.1, 0.15) is 95.8 Å². The molecular weight excluding hydrogens is 749 g/mol. The Kier molecular flexibility index (Phi) is 10.1. The lowest BCUT2D eigenvalue weighted by Crippen LogP contribution is -2.52. The maximum absolute atomic E-state index is 14.2. The Labute approximate surface area is 343 Å². The van der Waals surface area contributed by atoms with Crippen LogP contribution in [0.3, 0.4) is 0 Å². The number of nitrogens with two attached hydrogens (primary N) is 1. The molecule has 312 valence electrons. The van der Waals surface area contributed by atoms with Gasteiger partial charge in [-0.15, -0.1) is 0 Å². The molecule has 0 bridgehead atoms. The molecule has 2 saturated heterocycles. The summed E-state index contributed by atoms with van der Waals surface area (Å²) < 4.78 is 27.2. The van der Waals surface area contributed by atoms with Crippen LogP contribution in [0.2, 0.25) is 0 Å². The lowest BCUT2D eigenvalue weighted by molar-refractivity contribution is -0.170. The van der Waals surface area contributed by atoms with Crippen LogP contribution in [0.4, 0.5) is 0 Å². The highest BCUT2D eigenvalue weighted by Crippen LogP contribution is 2.54. The summed E-state index contributed by atoms with van der Waals surface area (Å²) >= 11 is 0. The summed E-state index contributed by atoms with van der Waals surface area (Å²) in [6.07, 6.45) is 21.3. The van der Waals surface area contributed by atoms with Crippen molar-refractivity contribution in [1.82, 2.24) is 25.5 Å². The number of epoxide rings is 1. The number of unbranched alkanes of at least 4 members (excludes halogenated alkanes) is 2. The third-order valence-corrected chi connectivity index (χ3v) is 12.7. The van der Waals surface area contributed by atoms with E-state index in [2.05, 4.69) is 69.1 Å². The second-order valence-corrected chi connectivity index (χ2v) is 17.5. The third-order valence-electron chi connectivity index (χ3n) is 12.7. The van der Waals surface area contributed by atoms with Crippen LogP contribution in [0.5, 0.6) is 11.5 Å². The first-order valence-corrected chi connectivity index (χ1v) is 21.3. The number of carbonyl (C=O) groups excluding carboxylic acids is 1. The predicted octanol–water partition coefficient (Wildman–Crippen LogP) is 6.67. The summed E-state index contributed by atoms with van der Waals surface area (Å²) in [6.45, 7) is 9.35. The van der Waals surface area contributed by atoms with E-state index in [-0.39, 0.29) is 46.3 Å². The average Bonchev–Trinajstić information content (AvgIpc) is 3.46. The number of esters is 1. The molecule has 0 saturated carbocycles. The molecular formula is C46H56N6O7. The zero-order valence-electron chi connectivity index (χ0n) is 34.4. The second kappa shape index (κ2) is 15.2. The van der Waals surface area contributed by atoms with Gasteiger partial charge in [0.15, 0.2) is 11.0 Å². The molecule has 0 aliphatic carbocycles. The summed E-state index contributed by atoms with van der Waals surface area (Å²) in [5.74, 6) is 1.51. The normalized spacial score (nSPS) is 27.3. The number of nitrogens with one attached hydrogen (secondary N) is 4. The van der Waals surface area contributed by atoms with E-state index in [0.717, 1.165) is 61.3 Å². The number of hydrogen-bond acceptors (Lipinski definition) is 11. The number of H-pyrrole nitrogens is 1. The zero-order valence-corrected chi connectivity index (χ0v) is 34.4. The second-order valence-electron chi connectivity index (χ2n) is 17.5. The van der Waals surface area contributed by atoms with Gasteiger partial charge in [0.05, 0.1) is 35.3 Å². The number of fused-ring (bicyclic) bond motifs is 5. The molecule has 6 atom stereocenters. The minimum Gasteiger partial charge on any atom is -0.507 e. The predicted molar refractivity (Wildman–Crippen MR) is 226 cm³/mol. The first-order chi connectivity index (χ1) is 28.4. The Hall–Kier alpha value is -5.56. The molecule has 0 amide bonds. The summed E-state index contributed by atoms with van der Waals surface area (Å²) in [5.41, 5.74) is 8.30. The number of aromatic nitrogens is 2. The topological polar surface area (TPSA) is 181 Å². The van der Waals surface area contributed by atoms with Gasteiger partial charge in [-0.05, 0) is 88.7 Å². The van der Waals surface area contributed by atoms with Gasteiger partial charge in [0.2, 0.25) is 0 Å². The Morgan fingerprint density at radius 2 is 1.95 bits per heavy atom. The van der Waals surface area contributed by atoms with E-state index < -0.39 is 23.3 Å². The average molecular weight is 805 g/mol. The van der Waals surface area contributed by atoms with Crippen molar-refractivity contribution in [2.75, 3.05) is 6.54 Å². The van der Waals surface area contributed by atoms with Gasteiger partial charge < -0.3 is 55.0 Å². The van der Waals surface area contributed by atoms with Crippen LogP contribution in [-0.4, -0.2) is 62.7 Å². The number of phenolic OH excluding ortho intramolecular Hbond substituents is 1. The number of phenols is 1. The van der Waals surface area contributed by atoms with E-state index in [1.807, 2.05) is 26.1 Å². The number of carbonyl (C=O) groups is 1. The number of aromatic amines is 1. The number of hydrogen-bond donors (Lipinski definition) is 6. The molecule has 5 aliphatic rings. The Bertz CT molecular complexity index is 2440. The minimum atomic E-state index is -1.05. The van der Waals surface area contributed by atoms with Gasteiger partial charge in [-0.1, -0.05) is 38.3 Å². The van der Waals surface area contributed by atoms with Gasteiger partial charge in [0.25, 0.3) is 0 Å². The monoisotopic (exact) mass is 804 g/mol. The highest BCUT2D eigenvalue weighted by atomic mass is 16.7. The summed E-state index contributed by atoms with van der Waals surface area (Å²) in [6, 6.07) is 5.06. The van der Waals surface area contributed by atoms with Gasteiger partial charge in [-0.3, -0.25) is 4.79 Å². The van der Waals surface area contributed by atoms with Crippen LogP contribution < -0.4 is 31.8 Å². The molecule has 5 aliphatic heterocycles. The number of dihydropyridines is 2. The molecule has 3 aromatic heterocycles. The van der Waals surface area contributed by atoms with Crippen molar-refractivity contribution in [2.45, 2.75) is 133 Å². The Morgan fingerprint density at radius 1 is 1.08 bits per heavy atom. The fraction of sp³-hybridized carbons (Fsp3) is 0.478. The number of ether oxygens (including phenoxy) is 3. The zero-order chi connectivity index (χ0) is 41.1. The van der Waals surface area contributed by atoms with E-state index in [4.69, 9.17) is 24.4 Å². The summed E-state index contributed by atoms with van der Waals surface area (Å²) in [7, 11) is 0. The molecule has 2 fully saturated rings. The largest absolute Gasteiger partial charge is 0.507 e. The van der Waals surface area contributed by atoms with Gasteiger partial charge >= 0.3 is 5.97 Å². The van der Waals surface area contributed by atoms with E-state index >= 15 is 0 Å².